The van der Waals surface area contributed by atoms with Crippen LogP contribution in [-0.4, -0.2) is 40.7 Å². The Morgan fingerprint density at radius 3 is 2.67 bits per heavy atom. The van der Waals surface area contributed by atoms with E-state index in [1.807, 2.05) is 0 Å². The van der Waals surface area contributed by atoms with Crippen molar-refractivity contribution >= 4 is 5.97 Å². The van der Waals surface area contributed by atoms with Crippen LogP contribution in [0.3, 0.4) is 0 Å². The van der Waals surface area contributed by atoms with Crippen molar-refractivity contribution in [2.24, 2.45) is 5.92 Å². The van der Waals surface area contributed by atoms with Crippen LogP contribution in [0.5, 0.6) is 0 Å². The van der Waals surface area contributed by atoms with Crippen LogP contribution in [0.2, 0.25) is 0 Å². The predicted molar refractivity (Wildman–Crippen MR) is 67.9 cm³/mol. The molecule has 1 aliphatic rings. The van der Waals surface area contributed by atoms with E-state index >= 15 is 0 Å². The maximum atomic E-state index is 11.7. The largest absolute Gasteiger partial charge is 0.478 e. The quantitative estimate of drug-likeness (QED) is 0.865. The van der Waals surface area contributed by atoms with Gasteiger partial charge in [0.25, 0.3) is 5.56 Å². The molecule has 5 nitrogen and oxygen atoms in total. The molecule has 1 saturated heterocycles. The molecule has 2 rings (SSSR count). The van der Waals surface area contributed by atoms with Crippen LogP contribution in [0.25, 0.3) is 0 Å². The Hall–Kier alpha value is -1.62. The molecule has 0 unspecified atom stereocenters. The van der Waals surface area contributed by atoms with Crippen molar-refractivity contribution < 1.29 is 9.90 Å². The number of pyridine rings is 1. The average molecular weight is 250 g/mol. The second kappa shape index (κ2) is 5.35. The molecule has 0 aromatic carbocycles. The normalized spacial score (nSPS) is 17.8. The van der Waals surface area contributed by atoms with Gasteiger partial charge in [0.2, 0.25) is 0 Å². The topological polar surface area (TPSA) is 62.5 Å². The maximum absolute atomic E-state index is 11.7. The fraction of sp³-hybridized carbons (Fsp3) is 0.538. The summed E-state index contributed by atoms with van der Waals surface area (Å²) in [5.41, 5.74) is 0.0430. The van der Waals surface area contributed by atoms with E-state index in [1.54, 1.807) is 0 Å². The minimum atomic E-state index is -0.993. The van der Waals surface area contributed by atoms with Gasteiger partial charge in [0.1, 0.15) is 0 Å². The van der Waals surface area contributed by atoms with Crippen molar-refractivity contribution in [2.75, 3.05) is 20.1 Å². The second-order valence-electron chi connectivity index (χ2n) is 4.96. The predicted octanol–water partition coefficient (Wildman–Crippen LogP) is 0.888. The van der Waals surface area contributed by atoms with Gasteiger partial charge in [-0.25, -0.2) is 4.79 Å². The van der Waals surface area contributed by atoms with E-state index < -0.39 is 5.97 Å². The number of nitrogens with zero attached hydrogens (tertiary/aromatic N) is 2. The zero-order valence-electron chi connectivity index (χ0n) is 10.5. The Morgan fingerprint density at radius 1 is 1.39 bits per heavy atom. The van der Waals surface area contributed by atoms with Crippen LogP contribution >= 0.6 is 0 Å². The standard InChI is InChI=1S/C13H18N2O3/c1-14-6-4-10(5-7-14)8-15-9-11(13(17)18)2-3-12(15)16/h2-3,9-10H,4-8H2,1H3,(H,17,18). The average Bonchev–Trinajstić information content (AvgIpc) is 2.34. The van der Waals surface area contributed by atoms with Crippen LogP contribution in [0.4, 0.5) is 0 Å². The van der Waals surface area contributed by atoms with E-state index in [9.17, 15) is 9.59 Å². The first kappa shape index (κ1) is 12.8. The molecule has 0 aliphatic carbocycles. The third-order valence-corrected chi connectivity index (χ3v) is 3.52. The molecule has 98 valence electrons. The van der Waals surface area contributed by atoms with Crippen molar-refractivity contribution in [3.8, 4) is 0 Å². The number of aromatic nitrogens is 1. The summed E-state index contributed by atoms with van der Waals surface area (Å²) in [6.45, 7) is 2.70. The van der Waals surface area contributed by atoms with E-state index in [2.05, 4.69) is 11.9 Å². The molecule has 1 fully saturated rings. The zero-order chi connectivity index (χ0) is 13.1. The van der Waals surface area contributed by atoms with Crippen LogP contribution in [-0.2, 0) is 6.54 Å². The van der Waals surface area contributed by atoms with Gasteiger partial charge in [0, 0.05) is 18.8 Å². The molecule has 1 aromatic heterocycles. The fourth-order valence-corrected chi connectivity index (χ4v) is 2.32. The summed E-state index contributed by atoms with van der Waals surface area (Å²) < 4.78 is 1.53. The molecule has 2 heterocycles. The molecule has 5 heteroatoms. The Kier molecular flexibility index (Phi) is 3.81. The van der Waals surface area contributed by atoms with Gasteiger partial charge in [0.15, 0.2) is 0 Å². The molecule has 0 bridgehead atoms. The van der Waals surface area contributed by atoms with Crippen LogP contribution < -0.4 is 5.56 Å². The number of aromatic carboxylic acids is 1. The van der Waals surface area contributed by atoms with E-state index in [0.717, 1.165) is 25.9 Å². The third-order valence-electron chi connectivity index (χ3n) is 3.52. The van der Waals surface area contributed by atoms with Crippen molar-refractivity contribution in [2.45, 2.75) is 19.4 Å². The van der Waals surface area contributed by atoms with Gasteiger partial charge < -0.3 is 14.6 Å². The lowest BCUT2D eigenvalue weighted by Gasteiger charge is -2.29. The summed E-state index contributed by atoms with van der Waals surface area (Å²) >= 11 is 0. The summed E-state index contributed by atoms with van der Waals surface area (Å²) in [5, 5.41) is 8.92. The van der Waals surface area contributed by atoms with Crippen molar-refractivity contribution in [1.29, 1.82) is 0 Å². The van der Waals surface area contributed by atoms with Gasteiger partial charge in [-0.1, -0.05) is 0 Å². The minimum Gasteiger partial charge on any atom is -0.478 e. The minimum absolute atomic E-state index is 0.126. The molecule has 0 radical (unpaired) electrons. The van der Waals surface area contributed by atoms with E-state index in [-0.39, 0.29) is 11.1 Å². The Balaban J connectivity index is 2.11. The van der Waals surface area contributed by atoms with Gasteiger partial charge in [-0.15, -0.1) is 0 Å². The number of carboxylic acid groups (broad SMARTS) is 1. The van der Waals surface area contributed by atoms with Gasteiger partial charge >= 0.3 is 5.97 Å². The molecular formula is C13H18N2O3. The number of carbonyl (C=O) groups is 1. The molecule has 0 saturated carbocycles. The Morgan fingerprint density at radius 2 is 2.06 bits per heavy atom. The number of hydrogen-bond acceptors (Lipinski definition) is 3. The smallest absolute Gasteiger partial charge is 0.337 e. The van der Waals surface area contributed by atoms with Crippen LogP contribution in [0.15, 0.2) is 23.1 Å². The molecule has 0 amide bonds. The highest BCUT2D eigenvalue weighted by atomic mass is 16.4. The molecule has 1 aromatic rings. The molecule has 0 atom stereocenters. The van der Waals surface area contributed by atoms with Crippen molar-refractivity contribution in [1.82, 2.24) is 9.47 Å². The summed E-state index contributed by atoms with van der Waals surface area (Å²) in [4.78, 5) is 24.8. The monoisotopic (exact) mass is 250 g/mol. The number of rotatable bonds is 3. The molecule has 0 spiro atoms. The van der Waals surface area contributed by atoms with Crippen molar-refractivity contribution in [3.63, 3.8) is 0 Å². The Labute approximate surface area is 106 Å². The Bertz CT molecular complexity index is 487. The molecule has 1 aliphatic heterocycles. The van der Waals surface area contributed by atoms with Gasteiger partial charge in [-0.3, -0.25) is 4.79 Å². The highest BCUT2D eigenvalue weighted by Crippen LogP contribution is 2.17. The third kappa shape index (κ3) is 2.98. The molecule has 18 heavy (non-hydrogen) atoms. The van der Waals surface area contributed by atoms with Gasteiger partial charge in [-0.2, -0.15) is 0 Å². The first-order valence-corrected chi connectivity index (χ1v) is 6.18. The fourth-order valence-electron chi connectivity index (χ4n) is 2.32. The zero-order valence-corrected chi connectivity index (χ0v) is 10.5. The van der Waals surface area contributed by atoms with Gasteiger partial charge in [-0.05, 0) is 45.0 Å². The summed E-state index contributed by atoms with van der Waals surface area (Å²) in [6, 6.07) is 2.69. The molecule has 1 N–H and O–H groups in total. The number of hydrogen-bond donors (Lipinski definition) is 1. The first-order chi connectivity index (χ1) is 8.56. The number of piperidine rings is 1. The number of carboxylic acids is 1. The van der Waals surface area contributed by atoms with E-state index in [0.29, 0.717) is 12.5 Å². The first-order valence-electron chi connectivity index (χ1n) is 6.18. The van der Waals surface area contributed by atoms with E-state index in [1.165, 1.54) is 22.9 Å². The lowest BCUT2D eigenvalue weighted by Crippen LogP contribution is -2.33. The van der Waals surface area contributed by atoms with Crippen LogP contribution in [0, 0.1) is 5.92 Å². The lowest BCUT2D eigenvalue weighted by atomic mass is 9.97. The maximum Gasteiger partial charge on any atom is 0.337 e. The number of likely N-dealkylation sites (tertiary alicyclic amines) is 1. The second-order valence-corrected chi connectivity index (χ2v) is 4.96. The van der Waals surface area contributed by atoms with Gasteiger partial charge in [0.05, 0.1) is 5.56 Å². The van der Waals surface area contributed by atoms with Crippen molar-refractivity contribution in [3.05, 3.63) is 34.2 Å². The van der Waals surface area contributed by atoms with E-state index in [4.69, 9.17) is 5.11 Å². The lowest BCUT2D eigenvalue weighted by molar-refractivity contribution is 0.0695. The summed E-state index contributed by atoms with van der Waals surface area (Å²) in [7, 11) is 2.09. The van der Waals surface area contributed by atoms with Crippen LogP contribution in [0.1, 0.15) is 23.2 Å². The highest BCUT2D eigenvalue weighted by Gasteiger charge is 2.17. The molecular weight excluding hydrogens is 232 g/mol. The SMILES string of the molecule is CN1CCC(Cn2cc(C(=O)O)ccc2=O)CC1. The summed E-state index contributed by atoms with van der Waals surface area (Å²) in [6.07, 6.45) is 3.56. The summed E-state index contributed by atoms with van der Waals surface area (Å²) in [5.74, 6) is -0.532. The highest BCUT2D eigenvalue weighted by molar-refractivity contribution is 5.87.